The van der Waals surface area contributed by atoms with Gasteiger partial charge in [0.2, 0.25) is 5.82 Å². The number of nitrogens with zero attached hydrogens (tertiary/aromatic N) is 4. The second-order valence-corrected chi connectivity index (χ2v) is 4.42. The number of benzene rings is 1. The van der Waals surface area contributed by atoms with Crippen LogP contribution in [0.3, 0.4) is 0 Å². The summed E-state index contributed by atoms with van der Waals surface area (Å²) in [5.74, 6) is 0.653. The summed E-state index contributed by atoms with van der Waals surface area (Å²) in [6.45, 7) is 1.68. The highest BCUT2D eigenvalue weighted by Gasteiger charge is 2.16. The number of nitro groups is 1. The lowest BCUT2D eigenvalue weighted by Gasteiger charge is -1.98. The average Bonchev–Trinajstić information content (AvgIpc) is 2.98. The van der Waals surface area contributed by atoms with Crippen LogP contribution in [0.1, 0.15) is 5.56 Å². The molecule has 0 saturated carbocycles. The molecule has 0 N–H and O–H groups in total. The molecule has 7 nitrogen and oxygen atoms in total. The van der Waals surface area contributed by atoms with Gasteiger partial charge in [0.25, 0.3) is 11.6 Å². The van der Waals surface area contributed by atoms with Gasteiger partial charge in [-0.15, -0.1) is 0 Å². The molecule has 0 atom stereocenters. The standard InChI is InChI=1S/C14H10N4O3/c1-9-2-3-11(8-12(9)18(19)20)14-16-13(17-21-14)10-4-6-15-7-5-10/h2-8H,1H3. The molecular weight excluding hydrogens is 272 g/mol. The fourth-order valence-electron chi connectivity index (χ4n) is 1.90. The van der Waals surface area contributed by atoms with Gasteiger partial charge in [0.05, 0.1) is 4.92 Å². The molecule has 21 heavy (non-hydrogen) atoms. The summed E-state index contributed by atoms with van der Waals surface area (Å²) in [6, 6.07) is 8.31. The van der Waals surface area contributed by atoms with Gasteiger partial charge in [-0.2, -0.15) is 4.98 Å². The number of rotatable bonds is 3. The molecule has 0 aliphatic rings. The smallest absolute Gasteiger partial charge is 0.273 e. The third-order valence-corrected chi connectivity index (χ3v) is 3.02. The SMILES string of the molecule is Cc1ccc(-c2nc(-c3ccncc3)no2)cc1[N+](=O)[O-]. The van der Waals surface area contributed by atoms with Crippen molar-refractivity contribution in [3.8, 4) is 22.8 Å². The minimum absolute atomic E-state index is 0.0242. The average molecular weight is 282 g/mol. The van der Waals surface area contributed by atoms with E-state index < -0.39 is 4.92 Å². The van der Waals surface area contributed by atoms with Crippen LogP contribution in [0.5, 0.6) is 0 Å². The minimum atomic E-state index is -0.432. The predicted molar refractivity (Wildman–Crippen MR) is 74.4 cm³/mol. The molecule has 0 unspecified atom stereocenters. The van der Waals surface area contributed by atoms with E-state index >= 15 is 0 Å². The molecule has 0 saturated heterocycles. The lowest BCUT2D eigenvalue weighted by molar-refractivity contribution is -0.385. The molecule has 2 aromatic heterocycles. The Hall–Kier alpha value is -3.09. The normalized spacial score (nSPS) is 10.5. The number of pyridine rings is 1. The van der Waals surface area contributed by atoms with E-state index in [1.165, 1.54) is 6.07 Å². The van der Waals surface area contributed by atoms with Crippen LogP contribution in [0, 0.1) is 17.0 Å². The molecule has 0 spiro atoms. The number of aryl methyl sites for hydroxylation is 1. The molecule has 104 valence electrons. The Kier molecular flexibility index (Phi) is 3.15. The van der Waals surface area contributed by atoms with E-state index in [9.17, 15) is 10.1 Å². The first-order valence-corrected chi connectivity index (χ1v) is 6.14. The highest BCUT2D eigenvalue weighted by atomic mass is 16.6. The zero-order chi connectivity index (χ0) is 14.8. The molecule has 3 rings (SSSR count). The predicted octanol–water partition coefficient (Wildman–Crippen LogP) is 3.02. The molecule has 7 heteroatoms. The Labute approximate surface area is 119 Å². The van der Waals surface area contributed by atoms with Gasteiger partial charge < -0.3 is 4.52 Å². The van der Waals surface area contributed by atoms with E-state index in [2.05, 4.69) is 15.1 Å². The van der Waals surface area contributed by atoms with E-state index in [4.69, 9.17) is 4.52 Å². The fraction of sp³-hybridized carbons (Fsp3) is 0.0714. The van der Waals surface area contributed by atoms with E-state index in [1.54, 1.807) is 43.6 Å². The van der Waals surface area contributed by atoms with Crippen LogP contribution in [-0.4, -0.2) is 20.0 Å². The summed E-state index contributed by atoms with van der Waals surface area (Å²) in [5.41, 5.74) is 1.88. The Morgan fingerprint density at radius 3 is 2.62 bits per heavy atom. The maximum Gasteiger partial charge on any atom is 0.273 e. The Morgan fingerprint density at radius 2 is 1.90 bits per heavy atom. The maximum absolute atomic E-state index is 11.0. The highest BCUT2D eigenvalue weighted by Crippen LogP contribution is 2.27. The lowest BCUT2D eigenvalue weighted by atomic mass is 10.1. The number of hydrogen-bond donors (Lipinski definition) is 0. The minimum Gasteiger partial charge on any atom is -0.334 e. The summed E-state index contributed by atoms with van der Waals surface area (Å²) >= 11 is 0. The Morgan fingerprint density at radius 1 is 1.14 bits per heavy atom. The zero-order valence-electron chi connectivity index (χ0n) is 11.1. The number of aromatic nitrogens is 3. The summed E-state index contributed by atoms with van der Waals surface area (Å²) in [6.07, 6.45) is 3.25. The van der Waals surface area contributed by atoms with Crippen molar-refractivity contribution < 1.29 is 9.45 Å². The van der Waals surface area contributed by atoms with E-state index in [0.29, 0.717) is 17.0 Å². The van der Waals surface area contributed by atoms with Crippen LogP contribution < -0.4 is 0 Å². The van der Waals surface area contributed by atoms with Crippen molar-refractivity contribution >= 4 is 5.69 Å². The van der Waals surface area contributed by atoms with E-state index in [-0.39, 0.29) is 11.6 Å². The molecule has 0 radical (unpaired) electrons. The summed E-state index contributed by atoms with van der Waals surface area (Å²) in [4.78, 5) is 18.7. The van der Waals surface area contributed by atoms with Crippen LogP contribution >= 0.6 is 0 Å². The maximum atomic E-state index is 11.0. The molecule has 0 aliphatic carbocycles. The molecule has 0 fully saturated rings. The van der Waals surface area contributed by atoms with Gasteiger partial charge in [-0.25, -0.2) is 0 Å². The first-order chi connectivity index (χ1) is 10.1. The van der Waals surface area contributed by atoms with Crippen molar-refractivity contribution in [2.45, 2.75) is 6.92 Å². The van der Waals surface area contributed by atoms with Crippen molar-refractivity contribution in [2.75, 3.05) is 0 Å². The van der Waals surface area contributed by atoms with Crippen molar-refractivity contribution in [1.29, 1.82) is 0 Å². The van der Waals surface area contributed by atoms with Crippen molar-refractivity contribution in [1.82, 2.24) is 15.1 Å². The summed E-state index contributed by atoms with van der Waals surface area (Å²) < 4.78 is 5.18. The first kappa shape index (κ1) is 12.9. The van der Waals surface area contributed by atoms with Crippen molar-refractivity contribution in [3.05, 3.63) is 58.4 Å². The summed E-state index contributed by atoms with van der Waals surface area (Å²) in [7, 11) is 0. The van der Waals surface area contributed by atoms with Gasteiger partial charge in [-0.1, -0.05) is 11.2 Å². The molecule has 1 aromatic carbocycles. The van der Waals surface area contributed by atoms with Crippen molar-refractivity contribution in [3.63, 3.8) is 0 Å². The number of hydrogen-bond acceptors (Lipinski definition) is 6. The molecule has 2 heterocycles. The molecule has 3 aromatic rings. The number of nitro benzene ring substituents is 1. The van der Waals surface area contributed by atoms with Crippen molar-refractivity contribution in [2.24, 2.45) is 0 Å². The largest absolute Gasteiger partial charge is 0.334 e. The summed E-state index contributed by atoms with van der Waals surface area (Å²) in [5, 5.41) is 14.8. The van der Waals surface area contributed by atoms with Gasteiger partial charge in [0.1, 0.15) is 0 Å². The molecule has 0 aliphatic heterocycles. The Bertz CT molecular complexity index is 799. The van der Waals surface area contributed by atoms with Crippen LogP contribution in [0.25, 0.3) is 22.8 Å². The highest BCUT2D eigenvalue weighted by molar-refractivity contribution is 5.62. The first-order valence-electron chi connectivity index (χ1n) is 6.14. The fourth-order valence-corrected chi connectivity index (χ4v) is 1.90. The zero-order valence-corrected chi connectivity index (χ0v) is 11.1. The second kappa shape index (κ2) is 5.12. The van der Waals surface area contributed by atoms with Gasteiger partial charge in [-0.05, 0) is 25.1 Å². The van der Waals surface area contributed by atoms with Gasteiger partial charge in [0, 0.05) is 35.2 Å². The molecular formula is C14H10N4O3. The van der Waals surface area contributed by atoms with Gasteiger partial charge >= 0.3 is 0 Å². The van der Waals surface area contributed by atoms with Crippen LogP contribution in [0.2, 0.25) is 0 Å². The van der Waals surface area contributed by atoms with Gasteiger partial charge in [0.15, 0.2) is 0 Å². The quantitative estimate of drug-likeness (QED) is 0.541. The molecule has 0 amide bonds. The third kappa shape index (κ3) is 2.48. The molecule has 0 bridgehead atoms. The van der Waals surface area contributed by atoms with Gasteiger partial charge in [-0.3, -0.25) is 15.1 Å². The van der Waals surface area contributed by atoms with Crippen LogP contribution in [0.15, 0.2) is 47.2 Å². The van der Waals surface area contributed by atoms with Crippen LogP contribution in [0.4, 0.5) is 5.69 Å². The monoisotopic (exact) mass is 282 g/mol. The van der Waals surface area contributed by atoms with E-state index in [1.807, 2.05) is 0 Å². The van der Waals surface area contributed by atoms with Crippen LogP contribution in [-0.2, 0) is 0 Å². The van der Waals surface area contributed by atoms with E-state index in [0.717, 1.165) is 5.56 Å². The topological polar surface area (TPSA) is 95.0 Å². The Balaban J connectivity index is 2.01. The second-order valence-electron chi connectivity index (χ2n) is 4.42. The lowest BCUT2D eigenvalue weighted by Crippen LogP contribution is -1.92. The third-order valence-electron chi connectivity index (χ3n) is 3.02.